The minimum absolute atomic E-state index is 0.193. The summed E-state index contributed by atoms with van der Waals surface area (Å²) in [4.78, 5) is 12.6. The average molecular weight is 314 g/mol. The minimum Gasteiger partial charge on any atom is -0.493 e. The highest BCUT2D eigenvalue weighted by atomic mass is 16.5. The number of benzene rings is 1. The highest BCUT2D eigenvalue weighted by Gasteiger charge is 2.20. The first-order valence-electron chi connectivity index (χ1n) is 7.10. The van der Waals surface area contributed by atoms with Gasteiger partial charge in [-0.2, -0.15) is 10.4 Å². The third-order valence-corrected chi connectivity index (χ3v) is 3.18. The number of rotatable bonds is 6. The standard InChI is InChI=1S/C16H18N4O3/c1-4-23-14-8-6-5-7-11(14)16(21)18-15-12(10-22-3)19-20(2)13(15)9-17/h5-8H,4,10H2,1-3H3,(H,18,21). The molecule has 2 rings (SSSR count). The molecular weight excluding hydrogens is 296 g/mol. The topological polar surface area (TPSA) is 89.2 Å². The van der Waals surface area contributed by atoms with Gasteiger partial charge in [0.2, 0.25) is 0 Å². The predicted octanol–water partition coefficient (Wildman–Crippen LogP) is 2.09. The number of hydrogen-bond donors (Lipinski definition) is 1. The molecule has 1 heterocycles. The Morgan fingerprint density at radius 2 is 2.17 bits per heavy atom. The minimum atomic E-state index is -0.365. The molecule has 0 saturated carbocycles. The summed E-state index contributed by atoms with van der Waals surface area (Å²) in [6.07, 6.45) is 0. The first-order valence-corrected chi connectivity index (χ1v) is 7.10. The molecule has 0 aliphatic rings. The lowest BCUT2D eigenvalue weighted by molar-refractivity contribution is 0.102. The number of aromatic nitrogens is 2. The van der Waals surface area contributed by atoms with Crippen LogP contribution < -0.4 is 10.1 Å². The zero-order valence-corrected chi connectivity index (χ0v) is 13.3. The largest absolute Gasteiger partial charge is 0.493 e. The number of methoxy groups -OCH3 is 1. The highest BCUT2D eigenvalue weighted by molar-refractivity contribution is 6.07. The molecule has 0 bridgehead atoms. The maximum Gasteiger partial charge on any atom is 0.259 e. The van der Waals surface area contributed by atoms with Crippen molar-refractivity contribution >= 4 is 11.6 Å². The van der Waals surface area contributed by atoms with Crippen LogP contribution in [0.25, 0.3) is 0 Å². The second-order valence-corrected chi connectivity index (χ2v) is 4.72. The van der Waals surface area contributed by atoms with Crippen molar-refractivity contribution in [3.63, 3.8) is 0 Å². The fourth-order valence-electron chi connectivity index (χ4n) is 2.19. The molecule has 0 radical (unpaired) electrons. The first-order chi connectivity index (χ1) is 11.1. The van der Waals surface area contributed by atoms with Crippen LogP contribution in [0.4, 0.5) is 5.69 Å². The number of nitrogens with one attached hydrogen (secondary N) is 1. The third-order valence-electron chi connectivity index (χ3n) is 3.18. The summed E-state index contributed by atoms with van der Waals surface area (Å²) < 4.78 is 11.9. The second kappa shape index (κ2) is 7.42. The van der Waals surface area contributed by atoms with Gasteiger partial charge in [0, 0.05) is 14.2 Å². The molecule has 2 aromatic rings. The number of aryl methyl sites for hydroxylation is 1. The van der Waals surface area contributed by atoms with Gasteiger partial charge in [0.1, 0.15) is 23.2 Å². The van der Waals surface area contributed by atoms with E-state index in [0.29, 0.717) is 29.3 Å². The molecule has 1 aromatic carbocycles. The van der Waals surface area contributed by atoms with Crippen molar-refractivity contribution in [2.24, 2.45) is 7.05 Å². The number of carbonyl (C=O) groups excluding carboxylic acids is 1. The summed E-state index contributed by atoms with van der Waals surface area (Å²) in [6, 6.07) is 8.98. The Bertz CT molecular complexity index is 746. The van der Waals surface area contributed by atoms with Crippen molar-refractivity contribution in [3.05, 3.63) is 41.2 Å². The smallest absolute Gasteiger partial charge is 0.259 e. The van der Waals surface area contributed by atoms with E-state index in [-0.39, 0.29) is 18.2 Å². The van der Waals surface area contributed by atoms with Gasteiger partial charge in [0.05, 0.1) is 18.8 Å². The van der Waals surface area contributed by atoms with E-state index in [2.05, 4.69) is 10.4 Å². The van der Waals surface area contributed by atoms with E-state index in [1.165, 1.54) is 11.8 Å². The van der Waals surface area contributed by atoms with Crippen molar-refractivity contribution in [1.29, 1.82) is 5.26 Å². The predicted molar refractivity (Wildman–Crippen MR) is 84.2 cm³/mol. The van der Waals surface area contributed by atoms with Gasteiger partial charge in [-0.3, -0.25) is 9.48 Å². The average Bonchev–Trinajstić information content (AvgIpc) is 2.83. The van der Waals surface area contributed by atoms with Crippen LogP contribution in [0.2, 0.25) is 0 Å². The number of carbonyl (C=O) groups is 1. The number of nitrogens with zero attached hydrogens (tertiary/aromatic N) is 3. The lowest BCUT2D eigenvalue weighted by atomic mass is 10.1. The zero-order chi connectivity index (χ0) is 16.8. The zero-order valence-electron chi connectivity index (χ0n) is 13.3. The first kappa shape index (κ1) is 16.5. The van der Waals surface area contributed by atoms with Crippen LogP contribution >= 0.6 is 0 Å². The number of para-hydroxylation sites is 1. The Labute approximate surface area is 134 Å². The SMILES string of the molecule is CCOc1ccccc1C(=O)Nc1c(COC)nn(C)c1C#N. The van der Waals surface area contributed by atoms with E-state index in [9.17, 15) is 10.1 Å². The van der Waals surface area contributed by atoms with Crippen molar-refractivity contribution in [1.82, 2.24) is 9.78 Å². The maximum atomic E-state index is 12.6. The van der Waals surface area contributed by atoms with Crippen LogP contribution in [0.5, 0.6) is 5.75 Å². The molecule has 0 atom stereocenters. The number of hydrogen-bond acceptors (Lipinski definition) is 5. The van der Waals surface area contributed by atoms with E-state index in [1.54, 1.807) is 31.3 Å². The Kier molecular flexibility index (Phi) is 5.33. The summed E-state index contributed by atoms with van der Waals surface area (Å²) in [7, 11) is 3.16. The number of amides is 1. The van der Waals surface area contributed by atoms with E-state index >= 15 is 0 Å². The fraction of sp³-hybridized carbons (Fsp3) is 0.312. The highest BCUT2D eigenvalue weighted by Crippen LogP contribution is 2.24. The van der Waals surface area contributed by atoms with E-state index in [1.807, 2.05) is 13.0 Å². The van der Waals surface area contributed by atoms with Gasteiger partial charge in [-0.1, -0.05) is 12.1 Å². The van der Waals surface area contributed by atoms with Crippen LogP contribution in [-0.4, -0.2) is 29.4 Å². The van der Waals surface area contributed by atoms with Crippen LogP contribution in [0.3, 0.4) is 0 Å². The van der Waals surface area contributed by atoms with Gasteiger partial charge in [0.15, 0.2) is 5.69 Å². The fourth-order valence-corrected chi connectivity index (χ4v) is 2.19. The molecule has 0 saturated heterocycles. The van der Waals surface area contributed by atoms with Crippen molar-refractivity contribution < 1.29 is 14.3 Å². The summed E-state index contributed by atoms with van der Waals surface area (Å²) in [6.45, 7) is 2.49. The molecule has 0 fully saturated rings. The normalized spacial score (nSPS) is 10.2. The van der Waals surface area contributed by atoms with E-state index < -0.39 is 0 Å². The molecule has 0 unspecified atom stereocenters. The summed E-state index contributed by atoms with van der Waals surface area (Å²) >= 11 is 0. The molecule has 0 aliphatic carbocycles. The molecule has 120 valence electrons. The van der Waals surface area contributed by atoms with Crippen molar-refractivity contribution in [2.75, 3.05) is 19.0 Å². The van der Waals surface area contributed by atoms with Crippen LogP contribution in [0.1, 0.15) is 28.7 Å². The van der Waals surface area contributed by atoms with E-state index in [0.717, 1.165) is 0 Å². The molecule has 1 N–H and O–H groups in total. The van der Waals surface area contributed by atoms with Gasteiger partial charge in [-0.25, -0.2) is 0 Å². The number of nitriles is 1. The molecule has 23 heavy (non-hydrogen) atoms. The van der Waals surface area contributed by atoms with Crippen molar-refractivity contribution in [3.8, 4) is 11.8 Å². The maximum absolute atomic E-state index is 12.6. The molecule has 1 aromatic heterocycles. The van der Waals surface area contributed by atoms with Gasteiger partial charge in [-0.05, 0) is 19.1 Å². The Balaban J connectivity index is 2.36. The number of ether oxygens (including phenoxy) is 2. The van der Waals surface area contributed by atoms with Crippen LogP contribution in [0, 0.1) is 11.3 Å². The Hall–Kier alpha value is -2.85. The lowest BCUT2D eigenvalue weighted by Crippen LogP contribution is -2.15. The van der Waals surface area contributed by atoms with E-state index in [4.69, 9.17) is 9.47 Å². The van der Waals surface area contributed by atoms with Gasteiger partial charge < -0.3 is 14.8 Å². The van der Waals surface area contributed by atoms with Crippen molar-refractivity contribution in [2.45, 2.75) is 13.5 Å². The molecular formula is C16H18N4O3. The quantitative estimate of drug-likeness (QED) is 0.882. The summed E-state index contributed by atoms with van der Waals surface area (Å²) in [5, 5.41) is 16.2. The monoisotopic (exact) mass is 314 g/mol. The summed E-state index contributed by atoms with van der Waals surface area (Å²) in [5.41, 5.74) is 1.51. The third kappa shape index (κ3) is 3.49. The van der Waals surface area contributed by atoms with Crippen LogP contribution in [-0.2, 0) is 18.4 Å². The summed E-state index contributed by atoms with van der Waals surface area (Å²) in [5.74, 6) is 0.124. The molecule has 7 heteroatoms. The Morgan fingerprint density at radius 3 is 2.83 bits per heavy atom. The second-order valence-electron chi connectivity index (χ2n) is 4.72. The molecule has 0 aliphatic heterocycles. The Morgan fingerprint density at radius 1 is 1.43 bits per heavy atom. The molecule has 0 spiro atoms. The lowest BCUT2D eigenvalue weighted by Gasteiger charge is -2.10. The van der Waals surface area contributed by atoms with Gasteiger partial charge >= 0.3 is 0 Å². The number of anilines is 1. The van der Waals surface area contributed by atoms with Gasteiger partial charge in [-0.15, -0.1) is 0 Å². The molecule has 1 amide bonds. The van der Waals surface area contributed by atoms with Crippen LogP contribution in [0.15, 0.2) is 24.3 Å². The van der Waals surface area contributed by atoms with Gasteiger partial charge in [0.25, 0.3) is 5.91 Å². The molecule has 7 nitrogen and oxygen atoms in total.